The van der Waals surface area contributed by atoms with E-state index in [0.717, 1.165) is 23.5 Å². The standard InChI is InChI=1S/C13H22N2O2S/c1-10-15-11(8-18-10)7-12(17)14-9-13(2,3)5-4-6-16/h8,16H,4-7,9H2,1-3H3,(H,14,17). The molecule has 5 heteroatoms. The summed E-state index contributed by atoms with van der Waals surface area (Å²) in [7, 11) is 0. The van der Waals surface area contributed by atoms with Crippen molar-refractivity contribution in [2.45, 2.75) is 40.0 Å². The highest BCUT2D eigenvalue weighted by molar-refractivity contribution is 7.09. The summed E-state index contributed by atoms with van der Waals surface area (Å²) < 4.78 is 0. The molecule has 0 atom stereocenters. The van der Waals surface area contributed by atoms with E-state index in [-0.39, 0.29) is 17.9 Å². The quantitative estimate of drug-likeness (QED) is 0.795. The van der Waals surface area contributed by atoms with Crippen LogP contribution in [-0.2, 0) is 11.2 Å². The zero-order valence-corrected chi connectivity index (χ0v) is 12.1. The minimum atomic E-state index is 0.0115. The fourth-order valence-corrected chi connectivity index (χ4v) is 2.31. The molecule has 0 aliphatic heterocycles. The molecule has 0 unspecified atom stereocenters. The maximum atomic E-state index is 11.7. The van der Waals surface area contributed by atoms with E-state index < -0.39 is 0 Å². The molecular formula is C13H22N2O2S. The van der Waals surface area contributed by atoms with Crippen molar-refractivity contribution in [1.82, 2.24) is 10.3 Å². The van der Waals surface area contributed by atoms with Gasteiger partial charge in [-0.25, -0.2) is 4.98 Å². The van der Waals surface area contributed by atoms with Gasteiger partial charge in [-0.2, -0.15) is 0 Å². The van der Waals surface area contributed by atoms with Crippen molar-refractivity contribution in [1.29, 1.82) is 0 Å². The minimum absolute atomic E-state index is 0.0115. The van der Waals surface area contributed by atoms with Gasteiger partial charge < -0.3 is 10.4 Å². The topological polar surface area (TPSA) is 62.2 Å². The van der Waals surface area contributed by atoms with Gasteiger partial charge in [-0.15, -0.1) is 11.3 Å². The Morgan fingerprint density at radius 1 is 1.56 bits per heavy atom. The molecule has 0 spiro atoms. The lowest BCUT2D eigenvalue weighted by Crippen LogP contribution is -2.35. The third-order valence-corrected chi connectivity index (χ3v) is 3.61. The van der Waals surface area contributed by atoms with Gasteiger partial charge in [0.15, 0.2) is 0 Å². The molecule has 1 heterocycles. The number of rotatable bonds is 7. The van der Waals surface area contributed by atoms with Crippen molar-refractivity contribution >= 4 is 17.2 Å². The summed E-state index contributed by atoms with van der Waals surface area (Å²) in [5, 5.41) is 14.7. The molecule has 0 radical (unpaired) electrons. The van der Waals surface area contributed by atoms with Crippen LogP contribution in [0.1, 0.15) is 37.4 Å². The van der Waals surface area contributed by atoms with Crippen molar-refractivity contribution < 1.29 is 9.90 Å². The van der Waals surface area contributed by atoms with Gasteiger partial charge in [0.1, 0.15) is 0 Å². The number of thiazole rings is 1. The molecule has 0 saturated heterocycles. The van der Waals surface area contributed by atoms with Gasteiger partial charge in [0.25, 0.3) is 0 Å². The molecule has 0 aliphatic rings. The number of hydrogen-bond donors (Lipinski definition) is 2. The third-order valence-electron chi connectivity index (χ3n) is 2.78. The second-order valence-electron chi connectivity index (χ2n) is 5.30. The average molecular weight is 270 g/mol. The van der Waals surface area contributed by atoms with Gasteiger partial charge in [0, 0.05) is 18.5 Å². The molecule has 0 saturated carbocycles. The fourth-order valence-electron chi connectivity index (χ4n) is 1.70. The first kappa shape index (κ1) is 15.1. The first-order valence-electron chi connectivity index (χ1n) is 6.21. The number of aryl methyl sites for hydroxylation is 1. The highest BCUT2D eigenvalue weighted by atomic mass is 32.1. The van der Waals surface area contributed by atoms with Crippen LogP contribution < -0.4 is 5.32 Å². The van der Waals surface area contributed by atoms with Crippen LogP contribution in [0.4, 0.5) is 0 Å². The molecule has 1 aromatic rings. The largest absolute Gasteiger partial charge is 0.396 e. The molecule has 1 amide bonds. The minimum Gasteiger partial charge on any atom is -0.396 e. The van der Waals surface area contributed by atoms with Crippen LogP contribution >= 0.6 is 11.3 Å². The molecule has 0 aliphatic carbocycles. The summed E-state index contributed by atoms with van der Waals surface area (Å²) in [6.45, 7) is 6.96. The van der Waals surface area contributed by atoms with Crippen molar-refractivity contribution in [3.8, 4) is 0 Å². The highest BCUT2D eigenvalue weighted by Gasteiger charge is 2.18. The molecule has 18 heavy (non-hydrogen) atoms. The Labute approximate surface area is 112 Å². The molecule has 2 N–H and O–H groups in total. The molecular weight excluding hydrogens is 248 g/mol. The van der Waals surface area contributed by atoms with E-state index in [1.54, 1.807) is 11.3 Å². The number of aliphatic hydroxyl groups excluding tert-OH is 1. The summed E-state index contributed by atoms with van der Waals surface area (Å²) in [6.07, 6.45) is 2.02. The number of aromatic nitrogens is 1. The van der Waals surface area contributed by atoms with E-state index >= 15 is 0 Å². The Bertz CT molecular complexity index is 388. The van der Waals surface area contributed by atoms with Crippen LogP contribution in [-0.4, -0.2) is 29.1 Å². The summed E-state index contributed by atoms with van der Waals surface area (Å²) in [5.74, 6) is 0.0115. The van der Waals surface area contributed by atoms with Gasteiger partial charge in [0.2, 0.25) is 5.91 Å². The lowest BCUT2D eigenvalue weighted by molar-refractivity contribution is -0.120. The van der Waals surface area contributed by atoms with Crippen molar-refractivity contribution in [2.24, 2.45) is 5.41 Å². The number of hydrogen-bond acceptors (Lipinski definition) is 4. The number of nitrogens with one attached hydrogen (secondary N) is 1. The van der Waals surface area contributed by atoms with E-state index in [4.69, 9.17) is 5.11 Å². The van der Waals surface area contributed by atoms with E-state index in [9.17, 15) is 4.79 Å². The molecule has 1 aromatic heterocycles. The Hall–Kier alpha value is -0.940. The Balaban J connectivity index is 2.32. The Morgan fingerprint density at radius 3 is 2.83 bits per heavy atom. The molecule has 0 fully saturated rings. The van der Waals surface area contributed by atoms with E-state index in [1.165, 1.54) is 0 Å². The van der Waals surface area contributed by atoms with Crippen LogP contribution in [0, 0.1) is 12.3 Å². The van der Waals surface area contributed by atoms with Crippen molar-refractivity contribution in [3.63, 3.8) is 0 Å². The normalized spacial score (nSPS) is 11.6. The monoisotopic (exact) mass is 270 g/mol. The predicted octanol–water partition coefficient (Wildman–Crippen LogP) is 1.91. The lowest BCUT2D eigenvalue weighted by Gasteiger charge is -2.24. The SMILES string of the molecule is Cc1nc(CC(=O)NCC(C)(C)CCCO)cs1. The maximum absolute atomic E-state index is 11.7. The van der Waals surface area contributed by atoms with Gasteiger partial charge in [0.05, 0.1) is 17.1 Å². The van der Waals surface area contributed by atoms with Crippen LogP contribution in [0.3, 0.4) is 0 Å². The van der Waals surface area contributed by atoms with E-state index in [2.05, 4.69) is 24.1 Å². The third kappa shape index (κ3) is 5.60. The fraction of sp³-hybridized carbons (Fsp3) is 0.692. The number of nitrogens with zero attached hydrogens (tertiary/aromatic N) is 1. The van der Waals surface area contributed by atoms with E-state index in [0.29, 0.717) is 13.0 Å². The number of amides is 1. The molecule has 4 nitrogen and oxygen atoms in total. The summed E-state index contributed by atoms with van der Waals surface area (Å²) in [4.78, 5) is 16.0. The first-order valence-corrected chi connectivity index (χ1v) is 7.09. The molecule has 0 bridgehead atoms. The molecule has 0 aromatic carbocycles. The Morgan fingerprint density at radius 2 is 2.28 bits per heavy atom. The van der Waals surface area contributed by atoms with Crippen LogP contribution in [0.5, 0.6) is 0 Å². The Kier molecular flexibility index (Phi) is 5.75. The number of aliphatic hydroxyl groups is 1. The first-order chi connectivity index (χ1) is 8.43. The summed E-state index contributed by atoms with van der Waals surface area (Å²) in [6, 6.07) is 0. The van der Waals surface area contributed by atoms with Crippen LogP contribution in [0.15, 0.2) is 5.38 Å². The zero-order chi connectivity index (χ0) is 13.6. The van der Waals surface area contributed by atoms with Crippen molar-refractivity contribution in [3.05, 3.63) is 16.1 Å². The second-order valence-corrected chi connectivity index (χ2v) is 6.36. The molecule has 102 valence electrons. The lowest BCUT2D eigenvalue weighted by atomic mass is 9.88. The van der Waals surface area contributed by atoms with Crippen molar-refractivity contribution in [2.75, 3.05) is 13.2 Å². The van der Waals surface area contributed by atoms with E-state index in [1.807, 2.05) is 12.3 Å². The van der Waals surface area contributed by atoms with Crippen LogP contribution in [0.2, 0.25) is 0 Å². The second kappa shape index (κ2) is 6.85. The average Bonchev–Trinajstić information content (AvgIpc) is 2.70. The number of carbonyl (C=O) groups is 1. The maximum Gasteiger partial charge on any atom is 0.226 e. The highest BCUT2D eigenvalue weighted by Crippen LogP contribution is 2.20. The van der Waals surface area contributed by atoms with Gasteiger partial charge in [-0.1, -0.05) is 13.8 Å². The predicted molar refractivity (Wildman–Crippen MR) is 73.7 cm³/mol. The smallest absolute Gasteiger partial charge is 0.226 e. The van der Waals surface area contributed by atoms with Crippen LogP contribution in [0.25, 0.3) is 0 Å². The summed E-state index contributed by atoms with van der Waals surface area (Å²) in [5.41, 5.74) is 0.860. The van der Waals surface area contributed by atoms with Gasteiger partial charge >= 0.3 is 0 Å². The summed E-state index contributed by atoms with van der Waals surface area (Å²) >= 11 is 1.56. The van der Waals surface area contributed by atoms with Gasteiger partial charge in [-0.05, 0) is 25.2 Å². The zero-order valence-electron chi connectivity index (χ0n) is 11.3. The number of carbonyl (C=O) groups excluding carboxylic acids is 1. The molecule has 1 rings (SSSR count). The van der Waals surface area contributed by atoms with Gasteiger partial charge in [-0.3, -0.25) is 4.79 Å².